The Kier molecular flexibility index (Phi) is 6.61. The minimum Gasteiger partial charge on any atom is -0.309 e. The van der Waals surface area contributed by atoms with Gasteiger partial charge in [-0.3, -0.25) is 0 Å². The summed E-state index contributed by atoms with van der Waals surface area (Å²) in [6.07, 6.45) is 0. The van der Waals surface area contributed by atoms with Crippen molar-refractivity contribution in [3.8, 4) is 40.3 Å². The largest absolute Gasteiger partial charge is 0.309 e. The summed E-state index contributed by atoms with van der Waals surface area (Å²) in [4.78, 5) is 0. The molecule has 0 amide bonds. The van der Waals surface area contributed by atoms with Gasteiger partial charge in [-0.2, -0.15) is 10.5 Å². The van der Waals surface area contributed by atoms with Gasteiger partial charge < -0.3 is 13.7 Å². The van der Waals surface area contributed by atoms with E-state index >= 15 is 0 Å². The smallest absolute Gasteiger partial charge is 0.101 e. The first kappa shape index (κ1) is 30.7. The summed E-state index contributed by atoms with van der Waals surface area (Å²) < 4.78 is 6.91. The number of hydrogen-bond acceptors (Lipinski definition) is 2. The van der Waals surface area contributed by atoms with E-state index in [0.29, 0.717) is 11.1 Å². The van der Waals surface area contributed by atoms with Crippen molar-refractivity contribution in [1.82, 2.24) is 13.7 Å². The molecule has 5 heteroatoms. The second-order valence-electron chi connectivity index (χ2n) is 14.0. The average Bonchev–Trinajstić information content (AvgIpc) is 3.89. The van der Waals surface area contributed by atoms with Crippen molar-refractivity contribution in [2.24, 2.45) is 0 Å². The molecule has 3 aromatic heterocycles. The fourth-order valence-corrected chi connectivity index (χ4v) is 8.76. The molecule has 0 unspecified atom stereocenters. The number of nitriles is 2. The lowest BCUT2D eigenvalue weighted by molar-refractivity contribution is 1.16. The van der Waals surface area contributed by atoms with E-state index in [9.17, 15) is 10.5 Å². The Hall–Kier alpha value is -7.86. The molecule has 0 aliphatic rings. The van der Waals surface area contributed by atoms with E-state index in [4.69, 9.17) is 0 Å². The van der Waals surface area contributed by atoms with Crippen LogP contribution < -0.4 is 0 Å². The van der Waals surface area contributed by atoms with Gasteiger partial charge in [0.15, 0.2) is 0 Å². The highest BCUT2D eigenvalue weighted by molar-refractivity contribution is 6.16. The highest BCUT2D eigenvalue weighted by Crippen LogP contribution is 2.41. The zero-order valence-electron chi connectivity index (χ0n) is 29.5. The number of hydrogen-bond donors (Lipinski definition) is 0. The van der Waals surface area contributed by atoms with Crippen LogP contribution in [0.4, 0.5) is 0 Å². The van der Waals surface area contributed by atoms with Crippen molar-refractivity contribution in [3.05, 3.63) is 187 Å². The van der Waals surface area contributed by atoms with Gasteiger partial charge in [0.2, 0.25) is 0 Å². The van der Waals surface area contributed by atoms with E-state index in [1.807, 2.05) is 36.4 Å². The highest BCUT2D eigenvalue weighted by atomic mass is 15.0. The third-order valence-electron chi connectivity index (χ3n) is 11.1. The Morgan fingerprint density at radius 3 is 1.58 bits per heavy atom. The molecule has 8 aromatic carbocycles. The van der Waals surface area contributed by atoms with Gasteiger partial charge >= 0.3 is 0 Å². The zero-order chi connectivity index (χ0) is 36.6. The molecule has 55 heavy (non-hydrogen) atoms. The van der Waals surface area contributed by atoms with Crippen molar-refractivity contribution in [2.75, 3.05) is 0 Å². The van der Waals surface area contributed by atoms with Crippen LogP contribution in [0.15, 0.2) is 176 Å². The number of fused-ring (bicyclic) bond motifs is 9. The fourth-order valence-electron chi connectivity index (χ4n) is 8.76. The van der Waals surface area contributed by atoms with E-state index in [2.05, 4.69) is 165 Å². The number of nitrogens with zero attached hydrogens (tertiary/aromatic N) is 5. The van der Waals surface area contributed by atoms with Gasteiger partial charge in [0.05, 0.1) is 61.7 Å². The highest BCUT2D eigenvalue weighted by Gasteiger charge is 2.21. The molecular formula is C50H29N5. The van der Waals surface area contributed by atoms with Crippen molar-refractivity contribution in [1.29, 1.82) is 10.5 Å². The van der Waals surface area contributed by atoms with Crippen LogP contribution >= 0.6 is 0 Å². The van der Waals surface area contributed by atoms with E-state index in [-0.39, 0.29) is 0 Å². The molecule has 5 nitrogen and oxygen atoms in total. The lowest BCUT2D eigenvalue weighted by atomic mass is 10.0. The maximum atomic E-state index is 10.6. The van der Waals surface area contributed by atoms with Crippen molar-refractivity contribution in [2.45, 2.75) is 0 Å². The molecule has 11 aromatic rings. The Labute approximate surface area is 316 Å². The van der Waals surface area contributed by atoms with E-state index in [1.165, 1.54) is 10.8 Å². The van der Waals surface area contributed by atoms with E-state index in [1.54, 1.807) is 0 Å². The minimum absolute atomic E-state index is 0.598. The summed E-state index contributed by atoms with van der Waals surface area (Å²) in [5, 5.41) is 27.1. The quantitative estimate of drug-likeness (QED) is 0.184. The van der Waals surface area contributed by atoms with Gasteiger partial charge in [0.25, 0.3) is 0 Å². The molecule has 0 bridgehead atoms. The van der Waals surface area contributed by atoms with Gasteiger partial charge in [-0.1, -0.05) is 97.1 Å². The predicted octanol–water partition coefficient (Wildman–Crippen LogP) is 12.4. The van der Waals surface area contributed by atoms with Crippen molar-refractivity contribution < 1.29 is 0 Å². The molecule has 0 radical (unpaired) electrons. The van der Waals surface area contributed by atoms with Crippen LogP contribution in [0.3, 0.4) is 0 Å². The fraction of sp³-hybridized carbons (Fsp3) is 0. The van der Waals surface area contributed by atoms with Crippen LogP contribution in [0.2, 0.25) is 0 Å². The van der Waals surface area contributed by atoms with Gasteiger partial charge in [0.1, 0.15) is 6.07 Å². The lowest BCUT2D eigenvalue weighted by Gasteiger charge is -2.14. The molecule has 11 rings (SSSR count). The summed E-state index contributed by atoms with van der Waals surface area (Å²) in [5.74, 6) is 0. The molecule has 0 aliphatic heterocycles. The van der Waals surface area contributed by atoms with Crippen molar-refractivity contribution in [3.63, 3.8) is 0 Å². The van der Waals surface area contributed by atoms with Gasteiger partial charge in [0, 0.05) is 38.0 Å². The minimum atomic E-state index is 0.598. The standard InChI is InChI=1S/C50H29N5/c51-30-32-23-26-46-41(27-32)39-15-3-5-17-42(39)53(46)36-12-9-11-33(28-36)34-24-25-35(31-52)49(29-34)55-45-20-8-4-16-40(45)50-47(21-10-22-48(50)55)54-43-18-6-1-13-37(43)38-14-2-7-19-44(38)54/h1-29H. The van der Waals surface area contributed by atoms with Crippen LogP contribution in [0.1, 0.15) is 11.1 Å². The van der Waals surface area contributed by atoms with Crippen LogP contribution in [0.25, 0.3) is 93.6 Å². The first-order valence-electron chi connectivity index (χ1n) is 18.3. The van der Waals surface area contributed by atoms with Gasteiger partial charge in [-0.25, -0.2) is 0 Å². The Bertz CT molecular complexity index is 3420. The van der Waals surface area contributed by atoms with Crippen molar-refractivity contribution >= 4 is 65.4 Å². The van der Waals surface area contributed by atoms with Crippen LogP contribution in [-0.2, 0) is 0 Å². The molecule has 254 valence electrons. The molecule has 0 atom stereocenters. The maximum Gasteiger partial charge on any atom is 0.101 e. The Morgan fingerprint density at radius 2 is 0.891 bits per heavy atom. The van der Waals surface area contributed by atoms with Crippen LogP contribution in [-0.4, -0.2) is 13.7 Å². The number of aromatic nitrogens is 3. The molecule has 3 heterocycles. The second kappa shape index (κ2) is 11.8. The second-order valence-corrected chi connectivity index (χ2v) is 14.0. The summed E-state index contributed by atoms with van der Waals surface area (Å²) in [7, 11) is 0. The average molecular weight is 700 g/mol. The zero-order valence-corrected chi connectivity index (χ0v) is 29.5. The molecule has 0 aliphatic carbocycles. The van der Waals surface area contributed by atoms with Gasteiger partial charge in [-0.15, -0.1) is 0 Å². The molecule has 0 saturated carbocycles. The Morgan fingerprint density at radius 1 is 0.345 bits per heavy atom. The molecular weight excluding hydrogens is 671 g/mol. The number of para-hydroxylation sites is 4. The predicted molar refractivity (Wildman–Crippen MR) is 224 cm³/mol. The number of benzene rings is 8. The topological polar surface area (TPSA) is 62.4 Å². The third-order valence-corrected chi connectivity index (χ3v) is 11.1. The molecule has 0 spiro atoms. The van der Waals surface area contributed by atoms with Crippen LogP contribution in [0, 0.1) is 22.7 Å². The molecule has 0 N–H and O–H groups in total. The van der Waals surface area contributed by atoms with Gasteiger partial charge in [-0.05, 0) is 90.0 Å². The van der Waals surface area contributed by atoms with Crippen LogP contribution in [0.5, 0.6) is 0 Å². The summed E-state index contributed by atoms with van der Waals surface area (Å²) in [5.41, 5.74) is 12.7. The van der Waals surface area contributed by atoms with E-state index in [0.717, 1.165) is 82.8 Å². The summed E-state index contributed by atoms with van der Waals surface area (Å²) >= 11 is 0. The first-order valence-corrected chi connectivity index (χ1v) is 18.3. The summed E-state index contributed by atoms with van der Waals surface area (Å²) in [6.45, 7) is 0. The molecule has 0 saturated heterocycles. The lowest BCUT2D eigenvalue weighted by Crippen LogP contribution is -1.99. The molecule has 0 fully saturated rings. The summed E-state index contributed by atoms with van der Waals surface area (Å²) in [6, 6.07) is 66.0. The SMILES string of the molecule is N#Cc1ccc2c(c1)c1ccccc1n2-c1cccc(-c2ccc(C#N)c(-n3c4ccccc4c4c(-n5c6ccccc6c6ccccc65)cccc43)c2)c1. The van der Waals surface area contributed by atoms with E-state index < -0.39 is 0 Å². The first-order chi connectivity index (χ1) is 27.2. The maximum absolute atomic E-state index is 10.6. The normalized spacial score (nSPS) is 11.6. The Balaban J connectivity index is 1.14. The third kappa shape index (κ3) is 4.45. The monoisotopic (exact) mass is 699 g/mol. The number of rotatable bonds is 4.